The molecule has 0 aliphatic heterocycles. The lowest BCUT2D eigenvalue weighted by atomic mass is 9.97. The van der Waals surface area contributed by atoms with Gasteiger partial charge in [-0.05, 0) is 47.9 Å². The minimum Gasteiger partial charge on any atom is -0.478 e. The van der Waals surface area contributed by atoms with Gasteiger partial charge in [-0.2, -0.15) is 0 Å². The van der Waals surface area contributed by atoms with Crippen molar-refractivity contribution in [3.8, 4) is 11.1 Å². The summed E-state index contributed by atoms with van der Waals surface area (Å²) in [5, 5.41) is 8.93. The van der Waals surface area contributed by atoms with Crippen LogP contribution < -0.4 is 5.73 Å². The van der Waals surface area contributed by atoms with Crippen LogP contribution in [0.1, 0.15) is 26.3 Å². The van der Waals surface area contributed by atoms with Gasteiger partial charge >= 0.3 is 5.97 Å². The maximum atomic E-state index is 11.2. The number of rotatable bonds is 3. The molecule has 3 N–H and O–H groups in total. The van der Waals surface area contributed by atoms with Crippen molar-refractivity contribution >= 4 is 11.9 Å². The van der Waals surface area contributed by atoms with Crippen LogP contribution in [0.25, 0.3) is 11.1 Å². The molecular weight excluding hydrogens is 242 g/mol. The first-order valence-electron chi connectivity index (χ1n) is 5.73. The monoisotopic (exact) mass is 255 g/mol. The lowest BCUT2D eigenvalue weighted by Gasteiger charge is -2.08. The van der Waals surface area contributed by atoms with Gasteiger partial charge in [-0.15, -0.1) is 0 Å². The summed E-state index contributed by atoms with van der Waals surface area (Å²) in [4.78, 5) is 22.0. The summed E-state index contributed by atoms with van der Waals surface area (Å²) in [6.45, 7) is 1.83. The number of nitrogens with two attached hydrogens (primary N) is 1. The Morgan fingerprint density at radius 3 is 2.37 bits per heavy atom. The average Bonchev–Trinajstić information content (AvgIpc) is 2.38. The number of hydrogen-bond acceptors (Lipinski definition) is 2. The fourth-order valence-electron chi connectivity index (χ4n) is 1.96. The largest absolute Gasteiger partial charge is 0.478 e. The van der Waals surface area contributed by atoms with E-state index in [9.17, 15) is 9.59 Å². The quantitative estimate of drug-likeness (QED) is 0.884. The number of hydrogen-bond donors (Lipinski definition) is 2. The minimum absolute atomic E-state index is 0.243. The van der Waals surface area contributed by atoms with E-state index in [1.54, 1.807) is 36.4 Å². The summed E-state index contributed by atoms with van der Waals surface area (Å²) in [7, 11) is 0. The molecule has 0 saturated carbocycles. The fourth-order valence-corrected chi connectivity index (χ4v) is 1.96. The third-order valence-corrected chi connectivity index (χ3v) is 2.93. The molecule has 1 amide bonds. The first-order valence-corrected chi connectivity index (χ1v) is 5.73. The minimum atomic E-state index is -0.958. The maximum absolute atomic E-state index is 11.2. The molecule has 0 aliphatic rings. The molecule has 0 radical (unpaired) electrons. The smallest absolute Gasteiger partial charge is 0.335 e. The lowest BCUT2D eigenvalue weighted by Crippen LogP contribution is -2.10. The highest BCUT2D eigenvalue weighted by Gasteiger charge is 2.08. The van der Waals surface area contributed by atoms with E-state index in [0.29, 0.717) is 5.56 Å². The van der Waals surface area contributed by atoms with Crippen LogP contribution in [-0.4, -0.2) is 17.0 Å². The highest BCUT2D eigenvalue weighted by molar-refractivity contribution is 5.94. The Morgan fingerprint density at radius 2 is 1.79 bits per heavy atom. The van der Waals surface area contributed by atoms with Gasteiger partial charge < -0.3 is 10.8 Å². The molecule has 0 atom stereocenters. The van der Waals surface area contributed by atoms with Crippen molar-refractivity contribution in [1.82, 2.24) is 0 Å². The number of aromatic carboxylic acids is 1. The molecule has 0 spiro atoms. The Morgan fingerprint density at radius 1 is 1.05 bits per heavy atom. The van der Waals surface area contributed by atoms with Crippen molar-refractivity contribution in [2.75, 3.05) is 0 Å². The molecule has 2 aromatic rings. The van der Waals surface area contributed by atoms with Crippen molar-refractivity contribution < 1.29 is 14.7 Å². The molecule has 19 heavy (non-hydrogen) atoms. The standard InChI is InChI=1S/C15H13NO3/c1-9-7-12(15(18)19)5-6-13(9)10-3-2-4-11(8-10)14(16)17/h2-8H,1H3,(H2,16,17)(H,18,19). The molecule has 0 unspecified atom stereocenters. The molecule has 2 rings (SSSR count). The van der Waals surface area contributed by atoms with E-state index in [0.717, 1.165) is 16.7 Å². The van der Waals surface area contributed by atoms with Crippen molar-refractivity contribution in [3.63, 3.8) is 0 Å². The summed E-state index contributed by atoms with van der Waals surface area (Å²) in [6.07, 6.45) is 0. The summed E-state index contributed by atoms with van der Waals surface area (Å²) < 4.78 is 0. The van der Waals surface area contributed by atoms with Gasteiger partial charge in [0, 0.05) is 5.56 Å². The molecule has 4 heteroatoms. The van der Waals surface area contributed by atoms with E-state index in [2.05, 4.69) is 0 Å². The van der Waals surface area contributed by atoms with Crippen LogP contribution in [0.3, 0.4) is 0 Å². The second-order valence-corrected chi connectivity index (χ2v) is 4.28. The van der Waals surface area contributed by atoms with E-state index < -0.39 is 11.9 Å². The molecular formula is C15H13NO3. The molecule has 2 aromatic carbocycles. The van der Waals surface area contributed by atoms with Gasteiger partial charge in [-0.1, -0.05) is 18.2 Å². The topological polar surface area (TPSA) is 80.4 Å². The van der Waals surface area contributed by atoms with Crippen molar-refractivity contribution in [2.24, 2.45) is 5.73 Å². The average molecular weight is 255 g/mol. The van der Waals surface area contributed by atoms with Crippen LogP contribution in [0.4, 0.5) is 0 Å². The fraction of sp³-hybridized carbons (Fsp3) is 0.0667. The summed E-state index contributed by atoms with van der Waals surface area (Å²) in [6, 6.07) is 11.8. The zero-order chi connectivity index (χ0) is 14.0. The molecule has 0 saturated heterocycles. The second kappa shape index (κ2) is 4.94. The first kappa shape index (κ1) is 12.8. The van der Waals surface area contributed by atoms with E-state index in [4.69, 9.17) is 10.8 Å². The number of amides is 1. The normalized spacial score (nSPS) is 10.2. The van der Waals surface area contributed by atoms with Gasteiger partial charge in [0.05, 0.1) is 5.56 Å². The highest BCUT2D eigenvalue weighted by Crippen LogP contribution is 2.25. The van der Waals surface area contributed by atoms with Crippen LogP contribution in [0.15, 0.2) is 42.5 Å². The predicted molar refractivity (Wildman–Crippen MR) is 72.1 cm³/mol. The van der Waals surface area contributed by atoms with Gasteiger partial charge in [-0.3, -0.25) is 4.79 Å². The number of primary amides is 1. The Bertz CT molecular complexity index is 662. The third-order valence-electron chi connectivity index (χ3n) is 2.93. The van der Waals surface area contributed by atoms with Gasteiger partial charge in [0.1, 0.15) is 0 Å². The number of carboxylic acids is 1. The van der Waals surface area contributed by atoms with E-state index >= 15 is 0 Å². The molecule has 0 aliphatic carbocycles. The maximum Gasteiger partial charge on any atom is 0.335 e. The Labute approximate surface area is 110 Å². The van der Waals surface area contributed by atoms with Crippen LogP contribution in [0, 0.1) is 6.92 Å². The summed E-state index contributed by atoms with van der Waals surface area (Å²) >= 11 is 0. The van der Waals surface area contributed by atoms with Crippen molar-refractivity contribution in [1.29, 1.82) is 0 Å². The Kier molecular flexibility index (Phi) is 3.33. The molecule has 0 aromatic heterocycles. The van der Waals surface area contributed by atoms with E-state index in [1.807, 2.05) is 13.0 Å². The predicted octanol–water partition coefficient (Wildman–Crippen LogP) is 2.46. The summed E-state index contributed by atoms with van der Waals surface area (Å²) in [5.74, 6) is -1.44. The molecule has 0 fully saturated rings. The third kappa shape index (κ3) is 2.63. The zero-order valence-corrected chi connectivity index (χ0v) is 10.4. The van der Waals surface area contributed by atoms with Gasteiger partial charge in [0.15, 0.2) is 0 Å². The number of carbonyl (C=O) groups excluding carboxylic acids is 1. The summed E-state index contributed by atoms with van der Waals surface area (Å²) in [5.41, 5.74) is 8.47. The van der Waals surface area contributed by atoms with Crippen LogP contribution in [0.2, 0.25) is 0 Å². The van der Waals surface area contributed by atoms with Crippen LogP contribution in [-0.2, 0) is 0 Å². The van der Waals surface area contributed by atoms with Gasteiger partial charge in [0.2, 0.25) is 5.91 Å². The first-order chi connectivity index (χ1) is 8.99. The molecule has 0 bridgehead atoms. The van der Waals surface area contributed by atoms with E-state index in [-0.39, 0.29) is 5.56 Å². The lowest BCUT2D eigenvalue weighted by molar-refractivity contribution is 0.0696. The Balaban J connectivity index is 2.50. The molecule has 96 valence electrons. The Hall–Kier alpha value is -2.62. The number of benzene rings is 2. The second-order valence-electron chi connectivity index (χ2n) is 4.28. The van der Waals surface area contributed by atoms with Crippen molar-refractivity contribution in [3.05, 3.63) is 59.2 Å². The van der Waals surface area contributed by atoms with E-state index in [1.165, 1.54) is 0 Å². The van der Waals surface area contributed by atoms with Crippen molar-refractivity contribution in [2.45, 2.75) is 6.92 Å². The zero-order valence-electron chi connectivity index (χ0n) is 10.4. The molecule has 0 heterocycles. The van der Waals surface area contributed by atoms with Crippen LogP contribution in [0.5, 0.6) is 0 Å². The number of carboxylic acid groups (broad SMARTS) is 1. The SMILES string of the molecule is Cc1cc(C(=O)O)ccc1-c1cccc(C(N)=O)c1. The van der Waals surface area contributed by atoms with Crippen LogP contribution >= 0.6 is 0 Å². The van der Waals surface area contributed by atoms with Gasteiger partial charge in [0.25, 0.3) is 0 Å². The number of carbonyl (C=O) groups is 2. The molecule has 4 nitrogen and oxygen atoms in total. The van der Waals surface area contributed by atoms with Gasteiger partial charge in [-0.25, -0.2) is 4.79 Å². The highest BCUT2D eigenvalue weighted by atomic mass is 16.4. The number of aryl methyl sites for hydroxylation is 1.